The molecule has 2 atom stereocenters. The van der Waals surface area contributed by atoms with Crippen LogP contribution in [0, 0.1) is 11.8 Å². The van der Waals surface area contributed by atoms with Crippen LogP contribution in [-0.2, 0) is 0 Å². The third kappa shape index (κ3) is 7.85. The van der Waals surface area contributed by atoms with Crippen molar-refractivity contribution in [3.05, 3.63) is 12.2 Å². The van der Waals surface area contributed by atoms with Gasteiger partial charge in [0, 0.05) is 0 Å². The van der Waals surface area contributed by atoms with E-state index in [1.54, 1.807) is 0 Å². The van der Waals surface area contributed by atoms with Gasteiger partial charge in [-0.05, 0) is 12.8 Å². The van der Waals surface area contributed by atoms with Crippen molar-refractivity contribution in [3.63, 3.8) is 0 Å². The summed E-state index contributed by atoms with van der Waals surface area (Å²) >= 11 is 0. The van der Waals surface area contributed by atoms with Gasteiger partial charge in [-0.2, -0.15) is 0 Å². The van der Waals surface area contributed by atoms with E-state index >= 15 is 0 Å². The summed E-state index contributed by atoms with van der Waals surface area (Å²) in [5.41, 5.74) is 0. The summed E-state index contributed by atoms with van der Waals surface area (Å²) in [5.74, 6) is 3.22. The highest BCUT2D eigenvalue weighted by Crippen LogP contribution is 2.34. The van der Waals surface area contributed by atoms with Crippen molar-refractivity contribution in [2.75, 3.05) is 0 Å². The van der Waals surface area contributed by atoms with E-state index in [9.17, 15) is 0 Å². The normalized spacial score (nSPS) is 15.4. The average Bonchev–Trinajstić information content (AvgIpc) is 2.36. The predicted octanol–water partition coefficient (Wildman–Crippen LogP) is 6.71. The van der Waals surface area contributed by atoms with Gasteiger partial charge in [-0.15, -0.1) is 0 Å². The molecule has 112 valence electrons. The molecule has 0 nitrogen and oxygen atoms in total. The standard InChI is InChI=1S/C18H37B/c1-8-9-10-11-12-13-14-19(17(6)15(2)3)18(7)16(4)5/h12-13,15-18H,8-11,14H2,1-7H3/b13-12+. The zero-order chi connectivity index (χ0) is 14.8. The van der Waals surface area contributed by atoms with Crippen LogP contribution in [0.4, 0.5) is 0 Å². The Hall–Kier alpha value is -0.195. The quantitative estimate of drug-likeness (QED) is 0.234. The van der Waals surface area contributed by atoms with Crippen LogP contribution in [0.1, 0.15) is 74.1 Å². The summed E-state index contributed by atoms with van der Waals surface area (Å²) in [6, 6.07) is 0. The number of rotatable bonds is 10. The molecule has 0 aliphatic heterocycles. The Morgan fingerprint density at radius 3 is 1.74 bits per heavy atom. The van der Waals surface area contributed by atoms with E-state index in [1.807, 2.05) is 0 Å². The van der Waals surface area contributed by atoms with E-state index in [1.165, 1.54) is 32.0 Å². The van der Waals surface area contributed by atoms with Crippen molar-refractivity contribution in [1.82, 2.24) is 0 Å². The fourth-order valence-corrected chi connectivity index (χ4v) is 2.78. The first-order valence-corrected chi connectivity index (χ1v) is 8.56. The predicted molar refractivity (Wildman–Crippen MR) is 92.4 cm³/mol. The molecule has 19 heavy (non-hydrogen) atoms. The van der Waals surface area contributed by atoms with Crippen molar-refractivity contribution in [1.29, 1.82) is 0 Å². The van der Waals surface area contributed by atoms with Crippen LogP contribution >= 0.6 is 0 Å². The minimum absolute atomic E-state index is 0.791. The lowest BCUT2D eigenvalue weighted by molar-refractivity contribution is 0.561. The van der Waals surface area contributed by atoms with Crippen LogP contribution in [0.2, 0.25) is 18.0 Å². The zero-order valence-corrected chi connectivity index (χ0v) is 14.6. The van der Waals surface area contributed by atoms with E-state index in [4.69, 9.17) is 0 Å². The van der Waals surface area contributed by atoms with Crippen molar-refractivity contribution in [2.45, 2.75) is 92.1 Å². The largest absolute Gasteiger partial charge is 0.150 e. The minimum atomic E-state index is 0.791. The van der Waals surface area contributed by atoms with E-state index in [-0.39, 0.29) is 0 Å². The highest BCUT2D eigenvalue weighted by molar-refractivity contribution is 6.62. The third-order valence-corrected chi connectivity index (χ3v) is 5.00. The molecule has 0 amide bonds. The zero-order valence-electron chi connectivity index (χ0n) is 14.6. The van der Waals surface area contributed by atoms with Crippen LogP contribution < -0.4 is 0 Å². The van der Waals surface area contributed by atoms with Crippen molar-refractivity contribution >= 4 is 6.71 Å². The topological polar surface area (TPSA) is 0 Å². The van der Waals surface area contributed by atoms with E-state index in [2.05, 4.69) is 60.6 Å². The summed E-state index contributed by atoms with van der Waals surface area (Å²) in [5, 5.41) is 0. The second-order valence-corrected chi connectivity index (χ2v) is 7.07. The van der Waals surface area contributed by atoms with Gasteiger partial charge in [-0.25, -0.2) is 0 Å². The van der Waals surface area contributed by atoms with Crippen LogP contribution in [0.3, 0.4) is 0 Å². The molecule has 0 saturated carbocycles. The number of unbranched alkanes of at least 4 members (excludes halogenated alkanes) is 3. The van der Waals surface area contributed by atoms with Gasteiger partial charge < -0.3 is 0 Å². The summed E-state index contributed by atoms with van der Waals surface area (Å²) in [6.07, 6.45) is 11.5. The lowest BCUT2D eigenvalue weighted by atomic mass is 9.30. The summed E-state index contributed by atoms with van der Waals surface area (Å²) in [7, 11) is 0. The molecule has 0 bridgehead atoms. The van der Waals surface area contributed by atoms with Gasteiger partial charge >= 0.3 is 0 Å². The molecule has 0 saturated heterocycles. The van der Waals surface area contributed by atoms with Gasteiger partial charge in [0.05, 0.1) is 0 Å². The Labute approximate surface area is 123 Å². The van der Waals surface area contributed by atoms with Crippen molar-refractivity contribution in [3.8, 4) is 0 Å². The molecular formula is C18H37B. The Morgan fingerprint density at radius 2 is 1.32 bits per heavy atom. The highest BCUT2D eigenvalue weighted by atomic mass is 14.1. The van der Waals surface area contributed by atoms with Crippen LogP contribution in [0.5, 0.6) is 0 Å². The second kappa shape index (κ2) is 10.6. The molecular weight excluding hydrogens is 227 g/mol. The minimum Gasteiger partial charge on any atom is -0.0957 e. The highest BCUT2D eigenvalue weighted by Gasteiger charge is 2.29. The lowest BCUT2D eigenvalue weighted by Crippen LogP contribution is -2.29. The van der Waals surface area contributed by atoms with E-state index in [0.717, 1.165) is 30.2 Å². The molecule has 0 aromatic carbocycles. The molecule has 0 N–H and O–H groups in total. The van der Waals surface area contributed by atoms with Crippen LogP contribution in [-0.4, -0.2) is 6.71 Å². The second-order valence-electron chi connectivity index (χ2n) is 7.07. The van der Waals surface area contributed by atoms with E-state index < -0.39 is 0 Å². The molecule has 0 fully saturated rings. The summed E-state index contributed by atoms with van der Waals surface area (Å²) in [6.45, 7) is 17.5. The molecule has 0 aromatic rings. The third-order valence-electron chi connectivity index (χ3n) is 5.00. The number of hydrogen-bond donors (Lipinski definition) is 0. The fraction of sp³-hybridized carbons (Fsp3) is 0.889. The Bertz CT molecular complexity index is 216. The first kappa shape index (κ1) is 18.8. The van der Waals surface area contributed by atoms with Crippen molar-refractivity contribution in [2.24, 2.45) is 11.8 Å². The maximum atomic E-state index is 2.46. The first-order valence-electron chi connectivity index (χ1n) is 8.56. The smallest absolute Gasteiger partial charge is 0.0957 e. The van der Waals surface area contributed by atoms with Gasteiger partial charge in [0.1, 0.15) is 6.71 Å². The number of allylic oxidation sites excluding steroid dienone is 2. The Morgan fingerprint density at radius 1 is 0.789 bits per heavy atom. The summed E-state index contributed by atoms with van der Waals surface area (Å²) < 4.78 is 0. The maximum absolute atomic E-state index is 2.46. The lowest BCUT2D eigenvalue weighted by Gasteiger charge is -2.31. The molecule has 0 aliphatic rings. The molecule has 0 aromatic heterocycles. The fourth-order valence-electron chi connectivity index (χ4n) is 2.78. The maximum Gasteiger partial charge on any atom is 0.150 e. The van der Waals surface area contributed by atoms with E-state index in [0.29, 0.717) is 0 Å². The summed E-state index contributed by atoms with van der Waals surface area (Å²) in [4.78, 5) is 0. The van der Waals surface area contributed by atoms with Gasteiger partial charge in [0.2, 0.25) is 0 Å². The van der Waals surface area contributed by atoms with Gasteiger partial charge in [-0.1, -0.05) is 103 Å². The molecule has 0 radical (unpaired) electrons. The first-order chi connectivity index (χ1) is 8.91. The van der Waals surface area contributed by atoms with Crippen molar-refractivity contribution < 1.29 is 0 Å². The SMILES string of the molecule is CCCCC/C=C/CB(C(C)C(C)C)C(C)C(C)C. The monoisotopic (exact) mass is 264 g/mol. The van der Waals surface area contributed by atoms with Gasteiger partial charge in [0.15, 0.2) is 0 Å². The van der Waals surface area contributed by atoms with Crippen LogP contribution in [0.25, 0.3) is 0 Å². The van der Waals surface area contributed by atoms with Gasteiger partial charge in [0.25, 0.3) is 0 Å². The molecule has 0 rings (SSSR count). The Kier molecular flexibility index (Phi) is 10.5. The average molecular weight is 264 g/mol. The molecule has 0 spiro atoms. The molecule has 0 aliphatic carbocycles. The van der Waals surface area contributed by atoms with Gasteiger partial charge in [-0.3, -0.25) is 0 Å². The molecule has 2 unspecified atom stereocenters. The number of hydrogen-bond acceptors (Lipinski definition) is 0. The molecule has 1 heteroatoms. The van der Waals surface area contributed by atoms with Crippen LogP contribution in [0.15, 0.2) is 12.2 Å². The molecule has 0 heterocycles. The Balaban J connectivity index is 4.35.